The Morgan fingerprint density at radius 3 is 2.46 bits per heavy atom. The van der Waals surface area contributed by atoms with Gasteiger partial charge < -0.3 is 14.6 Å². The number of aldehydes is 1. The zero-order valence-electron chi connectivity index (χ0n) is 21.5. The molecular formula is C26H31FN4O5S. The van der Waals surface area contributed by atoms with E-state index in [1.807, 2.05) is 0 Å². The number of aromatic nitrogens is 2. The lowest BCUT2D eigenvalue weighted by Gasteiger charge is -2.19. The van der Waals surface area contributed by atoms with Gasteiger partial charge in [-0.3, -0.25) is 9.78 Å². The Morgan fingerprint density at radius 2 is 1.86 bits per heavy atom. The molecule has 0 aliphatic rings. The van der Waals surface area contributed by atoms with Crippen LogP contribution in [-0.4, -0.2) is 60.9 Å². The van der Waals surface area contributed by atoms with Gasteiger partial charge in [0.2, 0.25) is 10.0 Å². The van der Waals surface area contributed by atoms with E-state index in [9.17, 15) is 22.4 Å². The number of amides is 1. The van der Waals surface area contributed by atoms with E-state index < -0.39 is 27.5 Å². The topological polar surface area (TPSA) is 111 Å². The molecule has 0 unspecified atom stereocenters. The monoisotopic (exact) mass is 530 g/mol. The quantitative estimate of drug-likeness (QED) is 0.418. The molecular weight excluding hydrogens is 499 g/mol. The first-order valence-electron chi connectivity index (χ1n) is 11.6. The molecule has 0 saturated heterocycles. The molecule has 1 aromatic carbocycles. The highest BCUT2D eigenvalue weighted by atomic mass is 32.2. The summed E-state index contributed by atoms with van der Waals surface area (Å²) in [7, 11) is -0.648. The number of ether oxygens (including phenoxy) is 1. The number of hydrogen-bond donors (Lipinski definition) is 1. The van der Waals surface area contributed by atoms with Gasteiger partial charge in [0.15, 0.2) is 6.29 Å². The standard InChI is InChI=1S/C26H31FN4O5S/c1-26(2,3)36-25(33)29-14-12-19(27)16-31-22-7-6-13-28-24(22)21(23(31)17-32)15-18-8-10-20(11-9-18)37(34,35)30(4)5/h6-13,17H,14-16H2,1-5H3,(H,29,33)/b19-12-. The number of hydrogen-bond acceptors (Lipinski definition) is 6. The highest BCUT2D eigenvalue weighted by molar-refractivity contribution is 7.89. The van der Waals surface area contributed by atoms with Crippen LogP contribution in [0.4, 0.5) is 9.18 Å². The number of fused-ring (bicyclic) bond motifs is 1. The number of carbonyl (C=O) groups is 2. The summed E-state index contributed by atoms with van der Waals surface area (Å²) in [6.07, 6.45) is 3.10. The van der Waals surface area contributed by atoms with Crippen LogP contribution >= 0.6 is 0 Å². The minimum atomic E-state index is -3.57. The van der Waals surface area contributed by atoms with Crippen molar-refractivity contribution < 1.29 is 27.1 Å². The van der Waals surface area contributed by atoms with Crippen LogP contribution in [0, 0.1) is 0 Å². The van der Waals surface area contributed by atoms with Crippen LogP contribution in [0.2, 0.25) is 0 Å². The van der Waals surface area contributed by atoms with E-state index >= 15 is 0 Å². The summed E-state index contributed by atoms with van der Waals surface area (Å²) >= 11 is 0. The number of sulfonamides is 1. The van der Waals surface area contributed by atoms with Crippen LogP contribution in [0.5, 0.6) is 0 Å². The van der Waals surface area contributed by atoms with Gasteiger partial charge in [0.1, 0.15) is 11.4 Å². The van der Waals surface area contributed by atoms with Gasteiger partial charge in [0, 0.05) is 38.8 Å². The normalized spacial score (nSPS) is 12.7. The lowest BCUT2D eigenvalue weighted by molar-refractivity contribution is 0.0533. The van der Waals surface area contributed by atoms with E-state index in [2.05, 4.69) is 10.3 Å². The molecule has 0 spiro atoms. The molecule has 1 N–H and O–H groups in total. The molecule has 198 valence electrons. The average molecular weight is 531 g/mol. The fourth-order valence-corrected chi connectivity index (χ4v) is 4.61. The van der Waals surface area contributed by atoms with Crippen molar-refractivity contribution in [2.24, 2.45) is 0 Å². The molecule has 1 amide bonds. The molecule has 3 aromatic rings. The van der Waals surface area contributed by atoms with Gasteiger partial charge in [-0.1, -0.05) is 12.1 Å². The zero-order chi connectivity index (χ0) is 27.4. The van der Waals surface area contributed by atoms with E-state index in [0.717, 1.165) is 9.87 Å². The van der Waals surface area contributed by atoms with Crippen LogP contribution in [0.3, 0.4) is 0 Å². The number of pyridine rings is 1. The highest BCUT2D eigenvalue weighted by Crippen LogP contribution is 2.27. The maximum absolute atomic E-state index is 14.8. The third-order valence-electron chi connectivity index (χ3n) is 5.44. The van der Waals surface area contributed by atoms with Crippen molar-refractivity contribution in [2.45, 2.75) is 44.2 Å². The highest BCUT2D eigenvalue weighted by Gasteiger charge is 2.21. The summed E-state index contributed by atoms with van der Waals surface area (Å²) in [5.74, 6) is -0.551. The Bertz CT molecular complexity index is 1420. The molecule has 0 bridgehead atoms. The third-order valence-corrected chi connectivity index (χ3v) is 7.26. The number of halogens is 1. The fourth-order valence-electron chi connectivity index (χ4n) is 3.71. The van der Waals surface area contributed by atoms with Gasteiger partial charge in [-0.05, 0) is 56.7 Å². The van der Waals surface area contributed by atoms with E-state index in [-0.39, 0.29) is 23.7 Å². The Morgan fingerprint density at radius 1 is 1.19 bits per heavy atom. The zero-order valence-corrected chi connectivity index (χ0v) is 22.3. The average Bonchev–Trinajstić information content (AvgIpc) is 3.10. The fraction of sp³-hybridized carbons (Fsp3) is 0.346. The van der Waals surface area contributed by atoms with Crippen molar-refractivity contribution in [3.63, 3.8) is 0 Å². The second kappa shape index (κ2) is 11.2. The maximum Gasteiger partial charge on any atom is 0.407 e. The first-order chi connectivity index (χ1) is 17.3. The van der Waals surface area contributed by atoms with Crippen molar-refractivity contribution in [3.05, 3.63) is 71.3 Å². The smallest absolute Gasteiger partial charge is 0.407 e. The lowest BCUT2D eigenvalue weighted by atomic mass is 10.0. The van der Waals surface area contributed by atoms with Gasteiger partial charge in [-0.2, -0.15) is 0 Å². The summed E-state index contributed by atoms with van der Waals surface area (Å²) in [5.41, 5.74) is 2.10. The molecule has 9 nitrogen and oxygen atoms in total. The SMILES string of the molecule is CN(C)S(=O)(=O)c1ccc(Cc2c(C=O)n(C/C(F)=C/CNC(=O)OC(C)(C)C)c3cccnc23)cc1. The summed E-state index contributed by atoms with van der Waals surface area (Å²) in [6, 6.07) is 9.83. The van der Waals surface area contributed by atoms with Gasteiger partial charge in [0.05, 0.1) is 28.2 Å². The summed E-state index contributed by atoms with van der Waals surface area (Å²) in [4.78, 5) is 28.5. The summed E-state index contributed by atoms with van der Waals surface area (Å²) in [6.45, 7) is 4.88. The number of nitrogens with one attached hydrogen (secondary N) is 1. The Balaban J connectivity index is 1.86. The van der Waals surface area contributed by atoms with Crippen molar-refractivity contribution >= 4 is 33.4 Å². The Hall–Kier alpha value is -3.57. The molecule has 0 radical (unpaired) electrons. The first kappa shape index (κ1) is 28.0. The van der Waals surface area contributed by atoms with Crippen LogP contribution in [0.15, 0.2) is 59.4 Å². The Labute approximate surface area is 216 Å². The number of nitrogens with zero attached hydrogens (tertiary/aromatic N) is 3. The molecule has 3 rings (SSSR count). The van der Waals surface area contributed by atoms with Gasteiger partial charge in [-0.25, -0.2) is 21.9 Å². The molecule has 0 fully saturated rings. The first-order valence-corrected chi connectivity index (χ1v) is 13.0. The van der Waals surface area contributed by atoms with Crippen molar-refractivity contribution in [1.29, 1.82) is 0 Å². The van der Waals surface area contributed by atoms with Gasteiger partial charge in [0.25, 0.3) is 0 Å². The molecule has 2 aromatic heterocycles. The predicted octanol–water partition coefficient (Wildman–Crippen LogP) is 4.07. The van der Waals surface area contributed by atoms with Crippen LogP contribution in [-0.2, 0) is 27.7 Å². The second-order valence-corrected chi connectivity index (χ2v) is 11.7. The lowest BCUT2D eigenvalue weighted by Crippen LogP contribution is -2.32. The van der Waals surface area contributed by atoms with E-state index in [0.29, 0.717) is 29.3 Å². The Kier molecular flexibility index (Phi) is 8.49. The minimum absolute atomic E-state index is 0.0797. The number of carbonyl (C=O) groups excluding carboxylic acids is 2. The van der Waals surface area contributed by atoms with Crippen molar-refractivity contribution in [2.75, 3.05) is 20.6 Å². The minimum Gasteiger partial charge on any atom is -0.444 e. The number of benzene rings is 1. The molecule has 0 atom stereocenters. The van der Waals surface area contributed by atoms with Crippen molar-refractivity contribution in [1.82, 2.24) is 19.2 Å². The second-order valence-electron chi connectivity index (χ2n) is 9.58. The van der Waals surface area contributed by atoms with Gasteiger partial charge >= 0.3 is 6.09 Å². The number of allylic oxidation sites excluding steroid dienone is 1. The maximum atomic E-state index is 14.8. The summed E-state index contributed by atoms with van der Waals surface area (Å²) < 4.78 is 47.3. The third kappa shape index (κ3) is 6.80. The largest absolute Gasteiger partial charge is 0.444 e. The van der Waals surface area contributed by atoms with E-state index in [1.165, 1.54) is 36.9 Å². The molecule has 0 aliphatic heterocycles. The molecule has 2 heterocycles. The van der Waals surface area contributed by atoms with Crippen molar-refractivity contribution in [3.8, 4) is 0 Å². The predicted molar refractivity (Wildman–Crippen MR) is 139 cm³/mol. The van der Waals surface area contributed by atoms with E-state index in [1.54, 1.807) is 51.2 Å². The van der Waals surface area contributed by atoms with E-state index in [4.69, 9.17) is 4.74 Å². The molecule has 37 heavy (non-hydrogen) atoms. The van der Waals surface area contributed by atoms with Crippen LogP contribution in [0.25, 0.3) is 11.0 Å². The van der Waals surface area contributed by atoms with Gasteiger partial charge in [-0.15, -0.1) is 0 Å². The van der Waals surface area contributed by atoms with Crippen LogP contribution < -0.4 is 5.32 Å². The molecule has 0 saturated carbocycles. The summed E-state index contributed by atoms with van der Waals surface area (Å²) in [5, 5.41) is 2.47. The molecule has 11 heteroatoms. The van der Waals surface area contributed by atoms with Crippen LogP contribution in [0.1, 0.15) is 42.4 Å². The number of rotatable bonds is 9. The number of alkyl carbamates (subject to hydrolysis) is 1. The molecule has 0 aliphatic carbocycles.